The number of nitrogens with zero attached hydrogens (tertiary/aromatic N) is 2. The van der Waals surface area contributed by atoms with Gasteiger partial charge in [0.25, 0.3) is 5.91 Å². The van der Waals surface area contributed by atoms with Crippen molar-refractivity contribution < 1.29 is 18.8 Å². The maximum Gasteiger partial charge on any atom is 0.335 e. The number of hydrogen-bond acceptors (Lipinski definition) is 4. The molecule has 5 rings (SSSR count). The molecule has 0 radical (unpaired) electrons. The van der Waals surface area contributed by atoms with Crippen molar-refractivity contribution in [1.29, 1.82) is 0 Å². The van der Waals surface area contributed by atoms with Crippen LogP contribution in [0.3, 0.4) is 0 Å². The summed E-state index contributed by atoms with van der Waals surface area (Å²) in [5.74, 6) is -1.25. The molecule has 0 unspecified atom stereocenters. The van der Waals surface area contributed by atoms with Gasteiger partial charge in [-0.2, -0.15) is 0 Å². The molecule has 3 heterocycles. The molecule has 4 amide bonds. The van der Waals surface area contributed by atoms with Gasteiger partial charge < -0.3 is 4.90 Å². The molecule has 7 heteroatoms. The number of imide groups is 2. The molecule has 2 aromatic carbocycles. The number of benzene rings is 2. The lowest BCUT2D eigenvalue weighted by Gasteiger charge is -2.56. The third-order valence-corrected chi connectivity index (χ3v) is 6.92. The van der Waals surface area contributed by atoms with Crippen LogP contribution in [0.1, 0.15) is 25.8 Å². The van der Waals surface area contributed by atoms with Gasteiger partial charge in [-0.15, -0.1) is 0 Å². The molecular weight excluding hydrogens is 397 g/mol. The number of fused-ring (bicyclic) bond motifs is 4. The number of anilines is 2. The topological polar surface area (TPSA) is 69.7 Å². The van der Waals surface area contributed by atoms with Gasteiger partial charge in [0.1, 0.15) is 5.82 Å². The second-order valence-corrected chi connectivity index (χ2v) is 9.05. The van der Waals surface area contributed by atoms with E-state index in [0.29, 0.717) is 23.5 Å². The van der Waals surface area contributed by atoms with Gasteiger partial charge in [-0.05, 0) is 48.4 Å². The summed E-state index contributed by atoms with van der Waals surface area (Å²) in [5.41, 5.74) is -0.0154. The van der Waals surface area contributed by atoms with Crippen molar-refractivity contribution in [3.8, 4) is 0 Å². The number of amides is 4. The number of urea groups is 1. The SMILES string of the molecule is C[C@H]1C[C@@H](C)[C@H]2N(C1)c1c(F)cccc1C[C@@]21C(=O)NC(=O)N(c2ccccc2)C1=O. The zero-order valence-corrected chi connectivity index (χ0v) is 17.5. The minimum Gasteiger partial charge on any atom is -0.364 e. The van der Waals surface area contributed by atoms with E-state index in [1.807, 2.05) is 11.8 Å². The average Bonchev–Trinajstić information content (AvgIpc) is 2.72. The zero-order valence-electron chi connectivity index (χ0n) is 17.5. The minimum absolute atomic E-state index is 0.0444. The summed E-state index contributed by atoms with van der Waals surface area (Å²) in [7, 11) is 0. The fourth-order valence-corrected chi connectivity index (χ4v) is 5.89. The standard InChI is InChI=1S/C24H24FN3O3/c1-14-11-15(2)20-24(12-16-7-6-10-18(25)19(16)27(20)13-14)21(29)26-23(31)28(22(24)30)17-8-4-3-5-9-17/h3-10,14-15,20H,11-13H2,1-2H3,(H,26,29,31)/t14-,15+,20+,24-/m0/s1. The van der Waals surface area contributed by atoms with Gasteiger partial charge in [0.05, 0.1) is 17.4 Å². The van der Waals surface area contributed by atoms with Gasteiger partial charge in [-0.25, -0.2) is 14.1 Å². The van der Waals surface area contributed by atoms with Crippen LogP contribution >= 0.6 is 0 Å². The molecule has 4 atom stereocenters. The summed E-state index contributed by atoms with van der Waals surface area (Å²) < 4.78 is 15.0. The van der Waals surface area contributed by atoms with Crippen LogP contribution in [-0.2, 0) is 16.0 Å². The highest BCUT2D eigenvalue weighted by Crippen LogP contribution is 2.51. The largest absolute Gasteiger partial charge is 0.364 e. The lowest BCUT2D eigenvalue weighted by molar-refractivity contribution is -0.146. The van der Waals surface area contributed by atoms with E-state index in [1.54, 1.807) is 42.5 Å². The van der Waals surface area contributed by atoms with E-state index in [2.05, 4.69) is 12.2 Å². The molecule has 0 saturated carbocycles. The number of barbiturate groups is 1. The number of carbonyl (C=O) groups is 3. The molecule has 6 nitrogen and oxygen atoms in total. The molecule has 2 fully saturated rings. The Balaban J connectivity index is 1.72. The Labute approximate surface area is 180 Å². The Morgan fingerprint density at radius 3 is 2.52 bits per heavy atom. The van der Waals surface area contributed by atoms with Gasteiger partial charge in [0.2, 0.25) is 5.91 Å². The van der Waals surface area contributed by atoms with Crippen molar-refractivity contribution in [3.05, 3.63) is 59.9 Å². The van der Waals surface area contributed by atoms with Crippen molar-refractivity contribution >= 4 is 29.2 Å². The van der Waals surface area contributed by atoms with Crippen molar-refractivity contribution in [1.82, 2.24) is 5.32 Å². The number of carbonyl (C=O) groups excluding carboxylic acids is 3. The van der Waals surface area contributed by atoms with Crippen LogP contribution in [0.2, 0.25) is 0 Å². The Morgan fingerprint density at radius 2 is 1.77 bits per heavy atom. The number of nitrogens with one attached hydrogen (secondary N) is 1. The first-order chi connectivity index (χ1) is 14.8. The maximum absolute atomic E-state index is 15.0. The molecule has 2 saturated heterocycles. The molecule has 160 valence electrons. The first-order valence-corrected chi connectivity index (χ1v) is 10.6. The smallest absolute Gasteiger partial charge is 0.335 e. The van der Waals surface area contributed by atoms with Crippen molar-refractivity contribution in [2.75, 3.05) is 16.3 Å². The van der Waals surface area contributed by atoms with Crippen LogP contribution < -0.4 is 15.1 Å². The van der Waals surface area contributed by atoms with Crippen molar-refractivity contribution in [2.24, 2.45) is 17.3 Å². The summed E-state index contributed by atoms with van der Waals surface area (Å²) in [6.45, 7) is 4.65. The second kappa shape index (κ2) is 6.90. The molecule has 2 aromatic rings. The Hall–Kier alpha value is -3.22. The van der Waals surface area contributed by atoms with Crippen LogP contribution in [0.4, 0.5) is 20.6 Å². The van der Waals surface area contributed by atoms with Crippen LogP contribution in [0.25, 0.3) is 0 Å². The zero-order chi connectivity index (χ0) is 21.9. The molecule has 1 N–H and O–H groups in total. The Bertz CT molecular complexity index is 1090. The van der Waals surface area contributed by atoms with Crippen LogP contribution in [0.15, 0.2) is 48.5 Å². The second-order valence-electron chi connectivity index (χ2n) is 9.05. The summed E-state index contributed by atoms with van der Waals surface area (Å²) in [6, 6.07) is 12.1. The summed E-state index contributed by atoms with van der Waals surface area (Å²) in [6.07, 6.45) is 0.869. The minimum atomic E-state index is -1.51. The summed E-state index contributed by atoms with van der Waals surface area (Å²) in [5, 5.41) is 2.44. The number of rotatable bonds is 1. The van der Waals surface area contributed by atoms with Gasteiger partial charge in [-0.3, -0.25) is 14.9 Å². The third-order valence-electron chi connectivity index (χ3n) is 6.92. The maximum atomic E-state index is 15.0. The van der Waals surface area contributed by atoms with Crippen molar-refractivity contribution in [2.45, 2.75) is 32.7 Å². The normalized spacial score (nSPS) is 30.2. The van der Waals surface area contributed by atoms with E-state index in [0.717, 1.165) is 11.3 Å². The molecule has 3 aliphatic heterocycles. The van der Waals surface area contributed by atoms with E-state index >= 15 is 0 Å². The predicted molar refractivity (Wildman–Crippen MR) is 114 cm³/mol. The molecule has 1 spiro atoms. The van der Waals surface area contributed by atoms with Crippen molar-refractivity contribution in [3.63, 3.8) is 0 Å². The van der Waals surface area contributed by atoms with E-state index in [9.17, 15) is 18.8 Å². The Kier molecular flexibility index (Phi) is 4.39. The van der Waals surface area contributed by atoms with E-state index in [-0.39, 0.29) is 24.1 Å². The van der Waals surface area contributed by atoms with Gasteiger partial charge in [0.15, 0.2) is 5.41 Å². The lowest BCUT2D eigenvalue weighted by atomic mass is 9.62. The third kappa shape index (κ3) is 2.72. The molecule has 0 aromatic heterocycles. The highest BCUT2D eigenvalue weighted by Gasteiger charge is 2.64. The highest BCUT2D eigenvalue weighted by atomic mass is 19.1. The van der Waals surface area contributed by atoms with Crippen LogP contribution in [0, 0.1) is 23.1 Å². The summed E-state index contributed by atoms with van der Waals surface area (Å²) >= 11 is 0. The highest BCUT2D eigenvalue weighted by molar-refractivity contribution is 6.30. The van der Waals surface area contributed by atoms with Gasteiger partial charge in [-0.1, -0.05) is 44.2 Å². The molecule has 0 bridgehead atoms. The Morgan fingerprint density at radius 1 is 1.03 bits per heavy atom. The number of piperidine rings is 1. The fraction of sp³-hybridized carbons (Fsp3) is 0.375. The number of para-hydroxylation sites is 2. The fourth-order valence-electron chi connectivity index (χ4n) is 5.89. The van der Waals surface area contributed by atoms with E-state index in [1.165, 1.54) is 6.07 Å². The first-order valence-electron chi connectivity index (χ1n) is 10.6. The predicted octanol–water partition coefficient (Wildman–Crippen LogP) is 3.50. The van der Waals surface area contributed by atoms with E-state index in [4.69, 9.17) is 0 Å². The quantitative estimate of drug-likeness (QED) is 0.716. The number of halogens is 1. The summed E-state index contributed by atoms with van der Waals surface area (Å²) in [4.78, 5) is 43.2. The molecule has 0 aliphatic carbocycles. The van der Waals surface area contributed by atoms with Gasteiger partial charge >= 0.3 is 6.03 Å². The molecular formula is C24H24FN3O3. The van der Waals surface area contributed by atoms with Gasteiger partial charge in [0, 0.05) is 6.54 Å². The molecule has 31 heavy (non-hydrogen) atoms. The molecule has 3 aliphatic rings. The monoisotopic (exact) mass is 421 g/mol. The van der Waals surface area contributed by atoms with E-state index < -0.39 is 29.3 Å². The average molecular weight is 421 g/mol. The number of hydrogen-bond donors (Lipinski definition) is 1. The van der Waals surface area contributed by atoms with Crippen LogP contribution in [0.5, 0.6) is 0 Å². The van der Waals surface area contributed by atoms with Crippen LogP contribution in [-0.4, -0.2) is 30.4 Å². The first kappa shape index (κ1) is 19.7. The lowest BCUT2D eigenvalue weighted by Crippen LogP contribution is -2.74.